The van der Waals surface area contributed by atoms with Crippen LogP contribution in [0.2, 0.25) is 0 Å². The number of hydrogen-bond donors (Lipinski definition) is 0. The first-order valence-electron chi connectivity index (χ1n) is 6.22. The lowest BCUT2D eigenvalue weighted by Crippen LogP contribution is -2.27. The summed E-state index contributed by atoms with van der Waals surface area (Å²) in [6.07, 6.45) is 3.03. The van der Waals surface area contributed by atoms with Crippen molar-refractivity contribution in [1.29, 1.82) is 0 Å². The highest BCUT2D eigenvalue weighted by Gasteiger charge is 2.27. The maximum atomic E-state index is 12.3. The number of carbonyl (C=O) groups is 1. The van der Waals surface area contributed by atoms with E-state index in [1.54, 1.807) is 18.8 Å². The maximum absolute atomic E-state index is 12.3. The van der Waals surface area contributed by atoms with Crippen molar-refractivity contribution in [1.82, 2.24) is 24.5 Å². The number of nitrogens with zero attached hydrogens (tertiary/aromatic N) is 6. The molecule has 0 fully saturated rings. The van der Waals surface area contributed by atoms with Gasteiger partial charge < -0.3 is 4.90 Å². The molecular formula is C12H16N6O3. The number of hydrogen-bond acceptors (Lipinski definition) is 5. The van der Waals surface area contributed by atoms with Gasteiger partial charge in [0.25, 0.3) is 5.91 Å². The van der Waals surface area contributed by atoms with Gasteiger partial charge in [-0.1, -0.05) is 0 Å². The minimum atomic E-state index is -0.608. The number of carbonyl (C=O) groups excluding carboxylic acids is 1. The first-order valence-corrected chi connectivity index (χ1v) is 6.22. The highest BCUT2D eigenvalue weighted by Crippen LogP contribution is 2.19. The molecule has 9 nitrogen and oxygen atoms in total. The van der Waals surface area contributed by atoms with E-state index in [1.165, 1.54) is 22.8 Å². The quantitative estimate of drug-likeness (QED) is 0.608. The van der Waals surface area contributed by atoms with Crippen LogP contribution in [0.4, 0.5) is 5.69 Å². The summed E-state index contributed by atoms with van der Waals surface area (Å²) >= 11 is 0. The fourth-order valence-electron chi connectivity index (χ4n) is 2.07. The van der Waals surface area contributed by atoms with Crippen molar-refractivity contribution in [3.05, 3.63) is 39.5 Å². The molecule has 0 saturated carbocycles. The molecule has 2 aromatic heterocycles. The second-order valence-electron chi connectivity index (χ2n) is 4.87. The van der Waals surface area contributed by atoms with E-state index >= 15 is 0 Å². The minimum Gasteiger partial charge on any atom is -0.336 e. The van der Waals surface area contributed by atoms with Gasteiger partial charge in [-0.3, -0.25) is 24.3 Å². The van der Waals surface area contributed by atoms with Crippen LogP contribution in [0.25, 0.3) is 0 Å². The lowest BCUT2D eigenvalue weighted by atomic mass is 10.2. The average molecular weight is 292 g/mol. The normalized spacial score (nSPS) is 10.7. The van der Waals surface area contributed by atoms with Crippen molar-refractivity contribution in [3.63, 3.8) is 0 Å². The minimum absolute atomic E-state index is 0.161. The van der Waals surface area contributed by atoms with Crippen LogP contribution in [0, 0.1) is 17.0 Å². The molecule has 9 heteroatoms. The predicted molar refractivity (Wildman–Crippen MR) is 73.6 cm³/mol. The van der Waals surface area contributed by atoms with E-state index in [-0.39, 0.29) is 11.4 Å². The molecule has 112 valence electrons. The first kappa shape index (κ1) is 14.7. The Morgan fingerprint density at radius 2 is 1.95 bits per heavy atom. The zero-order chi connectivity index (χ0) is 15.7. The van der Waals surface area contributed by atoms with Crippen molar-refractivity contribution in [2.24, 2.45) is 14.1 Å². The molecule has 2 heterocycles. The van der Waals surface area contributed by atoms with E-state index < -0.39 is 10.8 Å². The number of aromatic nitrogens is 4. The van der Waals surface area contributed by atoms with Crippen molar-refractivity contribution < 1.29 is 9.72 Å². The van der Waals surface area contributed by atoms with Gasteiger partial charge in [0.2, 0.25) is 5.69 Å². The summed E-state index contributed by atoms with van der Waals surface area (Å²) in [7, 11) is 4.91. The lowest BCUT2D eigenvalue weighted by molar-refractivity contribution is -0.385. The molecule has 0 aromatic carbocycles. The standard InChI is InChI=1S/C12H16N6O3/c1-8-9(6-16(3)13-8)5-15(2)12(19)11-10(18(20)21)7-17(4)14-11/h6-7H,5H2,1-4H3. The zero-order valence-corrected chi connectivity index (χ0v) is 12.3. The summed E-state index contributed by atoms with van der Waals surface area (Å²) in [6.45, 7) is 2.16. The summed E-state index contributed by atoms with van der Waals surface area (Å²) in [5.74, 6) is -0.495. The number of rotatable bonds is 4. The van der Waals surface area contributed by atoms with Crippen LogP contribution in [0.3, 0.4) is 0 Å². The molecule has 0 aliphatic heterocycles. The van der Waals surface area contributed by atoms with Gasteiger partial charge in [0.05, 0.1) is 10.6 Å². The highest BCUT2D eigenvalue weighted by atomic mass is 16.6. The monoisotopic (exact) mass is 292 g/mol. The Bertz CT molecular complexity index is 702. The van der Waals surface area contributed by atoms with Crippen LogP contribution in [-0.2, 0) is 20.6 Å². The molecule has 0 atom stereocenters. The Kier molecular flexibility index (Phi) is 3.74. The van der Waals surface area contributed by atoms with E-state index in [4.69, 9.17) is 0 Å². The second kappa shape index (κ2) is 5.35. The molecule has 2 aromatic rings. The fourth-order valence-corrected chi connectivity index (χ4v) is 2.07. The molecule has 0 saturated heterocycles. The van der Waals surface area contributed by atoms with E-state index in [2.05, 4.69) is 10.2 Å². The van der Waals surface area contributed by atoms with Crippen LogP contribution in [0.15, 0.2) is 12.4 Å². The Labute approximate surface area is 120 Å². The van der Waals surface area contributed by atoms with E-state index in [0.717, 1.165) is 11.3 Å². The average Bonchev–Trinajstić information content (AvgIpc) is 2.92. The lowest BCUT2D eigenvalue weighted by Gasteiger charge is -2.14. The van der Waals surface area contributed by atoms with Crippen molar-refractivity contribution in [2.45, 2.75) is 13.5 Å². The maximum Gasteiger partial charge on any atom is 0.320 e. The summed E-state index contributed by atoms with van der Waals surface area (Å²) in [4.78, 5) is 24.1. The van der Waals surface area contributed by atoms with Gasteiger partial charge in [-0.05, 0) is 6.92 Å². The molecule has 1 amide bonds. The SMILES string of the molecule is Cc1nn(C)cc1CN(C)C(=O)c1nn(C)cc1[N+](=O)[O-]. The van der Waals surface area contributed by atoms with E-state index in [1.807, 2.05) is 13.1 Å². The Morgan fingerprint density at radius 1 is 1.33 bits per heavy atom. The summed E-state index contributed by atoms with van der Waals surface area (Å²) in [6, 6.07) is 0. The van der Waals surface area contributed by atoms with E-state index in [0.29, 0.717) is 6.54 Å². The molecule has 2 rings (SSSR count). The second-order valence-corrected chi connectivity index (χ2v) is 4.87. The Morgan fingerprint density at radius 3 is 2.48 bits per heavy atom. The fraction of sp³-hybridized carbons (Fsp3) is 0.417. The smallest absolute Gasteiger partial charge is 0.320 e. The van der Waals surface area contributed by atoms with E-state index in [9.17, 15) is 14.9 Å². The van der Waals surface area contributed by atoms with Crippen LogP contribution < -0.4 is 0 Å². The van der Waals surface area contributed by atoms with Crippen LogP contribution in [0.5, 0.6) is 0 Å². The molecule has 0 N–H and O–H groups in total. The van der Waals surface area contributed by atoms with Gasteiger partial charge in [0.1, 0.15) is 6.20 Å². The third-order valence-corrected chi connectivity index (χ3v) is 3.08. The van der Waals surface area contributed by atoms with Crippen molar-refractivity contribution in [3.8, 4) is 0 Å². The van der Waals surface area contributed by atoms with Crippen LogP contribution in [0.1, 0.15) is 21.7 Å². The van der Waals surface area contributed by atoms with Gasteiger partial charge in [0.15, 0.2) is 0 Å². The number of nitro groups is 1. The Balaban J connectivity index is 2.23. The Hall–Kier alpha value is -2.71. The molecule has 0 bridgehead atoms. The third kappa shape index (κ3) is 2.91. The number of aryl methyl sites for hydroxylation is 3. The summed E-state index contributed by atoms with van der Waals surface area (Å²) < 4.78 is 2.92. The summed E-state index contributed by atoms with van der Waals surface area (Å²) in [5.41, 5.74) is 1.24. The molecule has 0 radical (unpaired) electrons. The van der Waals surface area contributed by atoms with Gasteiger partial charge >= 0.3 is 5.69 Å². The molecule has 21 heavy (non-hydrogen) atoms. The molecular weight excluding hydrogens is 276 g/mol. The van der Waals surface area contributed by atoms with Gasteiger partial charge in [0, 0.05) is 39.4 Å². The van der Waals surface area contributed by atoms with Crippen molar-refractivity contribution in [2.75, 3.05) is 7.05 Å². The molecule has 0 unspecified atom stereocenters. The largest absolute Gasteiger partial charge is 0.336 e. The number of amides is 1. The van der Waals surface area contributed by atoms with Gasteiger partial charge in [-0.15, -0.1) is 0 Å². The van der Waals surface area contributed by atoms with Gasteiger partial charge in [-0.25, -0.2) is 0 Å². The predicted octanol–water partition coefficient (Wildman–Crippen LogP) is 0.642. The third-order valence-electron chi connectivity index (χ3n) is 3.08. The highest BCUT2D eigenvalue weighted by molar-refractivity contribution is 5.95. The van der Waals surface area contributed by atoms with Crippen LogP contribution >= 0.6 is 0 Å². The van der Waals surface area contributed by atoms with Crippen LogP contribution in [-0.4, -0.2) is 42.3 Å². The zero-order valence-electron chi connectivity index (χ0n) is 12.3. The van der Waals surface area contributed by atoms with Crippen molar-refractivity contribution >= 4 is 11.6 Å². The molecule has 0 aliphatic rings. The topological polar surface area (TPSA) is 99.1 Å². The van der Waals surface area contributed by atoms with Gasteiger partial charge in [-0.2, -0.15) is 10.2 Å². The summed E-state index contributed by atoms with van der Waals surface area (Å²) in [5, 5.41) is 19.0. The molecule has 0 aliphatic carbocycles. The molecule has 0 spiro atoms. The first-order chi connectivity index (χ1) is 9.79.